The molecule has 134 valence electrons. The highest BCUT2D eigenvalue weighted by Crippen LogP contribution is 2.17. The molecular weight excluding hydrogens is 326 g/mol. The van der Waals surface area contributed by atoms with E-state index >= 15 is 0 Å². The average molecular weight is 349 g/mol. The van der Waals surface area contributed by atoms with Crippen molar-refractivity contribution in [1.82, 2.24) is 24.8 Å². The predicted molar refractivity (Wildman–Crippen MR) is 101 cm³/mol. The zero-order chi connectivity index (χ0) is 18.4. The minimum atomic E-state index is 0.554. The molecule has 0 bridgehead atoms. The lowest BCUT2D eigenvalue weighted by atomic mass is 10.2. The molecule has 3 rings (SSSR count). The fourth-order valence-corrected chi connectivity index (χ4v) is 2.76. The van der Waals surface area contributed by atoms with Crippen molar-refractivity contribution in [3.8, 4) is 11.4 Å². The molecule has 26 heavy (non-hydrogen) atoms. The summed E-state index contributed by atoms with van der Waals surface area (Å²) in [6.07, 6.45) is 5.76. The minimum absolute atomic E-state index is 0.554. The molecule has 0 unspecified atom stereocenters. The molecule has 6 nitrogen and oxygen atoms in total. The molecule has 1 aromatic carbocycles. The molecule has 0 aliphatic rings. The first kappa shape index (κ1) is 17.8. The van der Waals surface area contributed by atoms with Crippen molar-refractivity contribution in [1.29, 1.82) is 0 Å². The van der Waals surface area contributed by atoms with Gasteiger partial charge in [0, 0.05) is 30.4 Å². The van der Waals surface area contributed by atoms with Gasteiger partial charge >= 0.3 is 0 Å². The fraction of sp³-hybridized carbons (Fsp3) is 0.250. The molecule has 0 atom stereocenters. The van der Waals surface area contributed by atoms with Crippen LogP contribution in [0, 0.1) is 6.92 Å². The zero-order valence-corrected chi connectivity index (χ0v) is 15.0. The number of benzene rings is 1. The lowest BCUT2D eigenvalue weighted by Crippen LogP contribution is -2.23. The van der Waals surface area contributed by atoms with Crippen LogP contribution in [-0.4, -0.2) is 31.4 Å². The number of aromatic nitrogens is 4. The highest BCUT2D eigenvalue weighted by atomic mass is 16.5. The molecular formula is C20H23N5O. The van der Waals surface area contributed by atoms with Gasteiger partial charge in [-0.15, -0.1) is 13.2 Å². The summed E-state index contributed by atoms with van der Waals surface area (Å²) in [4.78, 5) is 6.71. The topological polar surface area (TPSA) is 60.0 Å². The van der Waals surface area contributed by atoms with Gasteiger partial charge in [0.2, 0.25) is 11.7 Å². The van der Waals surface area contributed by atoms with Crippen molar-refractivity contribution in [2.45, 2.75) is 26.6 Å². The largest absolute Gasteiger partial charge is 0.338 e. The third-order valence-electron chi connectivity index (χ3n) is 4.00. The van der Waals surface area contributed by atoms with E-state index in [-0.39, 0.29) is 0 Å². The normalized spacial score (nSPS) is 11.0. The van der Waals surface area contributed by atoms with Gasteiger partial charge < -0.3 is 4.52 Å². The van der Waals surface area contributed by atoms with Crippen LogP contribution in [0.4, 0.5) is 0 Å². The standard InChI is InChI=1S/C20H23N5O/c1-4-11-24(13-18-14-25(12-5-2)22-16(18)3)15-19-21-20(23-26-19)17-9-7-6-8-10-17/h4-10,14H,1-2,11-13,15H2,3H3. The summed E-state index contributed by atoms with van der Waals surface area (Å²) in [5.74, 6) is 1.19. The Labute approximate surface area is 153 Å². The van der Waals surface area contributed by atoms with Crippen molar-refractivity contribution in [2.24, 2.45) is 0 Å². The van der Waals surface area contributed by atoms with Crippen LogP contribution < -0.4 is 0 Å². The molecule has 0 saturated carbocycles. The van der Waals surface area contributed by atoms with E-state index < -0.39 is 0 Å². The molecule has 0 saturated heterocycles. The molecule has 0 aliphatic heterocycles. The monoisotopic (exact) mass is 349 g/mol. The van der Waals surface area contributed by atoms with Crippen LogP contribution in [0.2, 0.25) is 0 Å². The number of aryl methyl sites for hydroxylation is 1. The molecule has 0 amide bonds. The molecule has 3 aromatic rings. The number of nitrogens with zero attached hydrogens (tertiary/aromatic N) is 5. The molecule has 0 aliphatic carbocycles. The van der Waals surface area contributed by atoms with Crippen LogP contribution in [0.3, 0.4) is 0 Å². The first-order chi connectivity index (χ1) is 12.7. The highest BCUT2D eigenvalue weighted by Gasteiger charge is 2.15. The van der Waals surface area contributed by atoms with Crippen molar-refractivity contribution in [2.75, 3.05) is 6.54 Å². The van der Waals surface area contributed by atoms with E-state index in [9.17, 15) is 0 Å². The summed E-state index contributed by atoms with van der Waals surface area (Å²) in [5, 5.41) is 8.59. The second kappa shape index (κ2) is 8.40. The van der Waals surface area contributed by atoms with Gasteiger partial charge in [-0.05, 0) is 6.92 Å². The zero-order valence-electron chi connectivity index (χ0n) is 15.0. The summed E-state index contributed by atoms with van der Waals surface area (Å²) in [7, 11) is 0. The summed E-state index contributed by atoms with van der Waals surface area (Å²) in [5.41, 5.74) is 3.12. The second-order valence-corrected chi connectivity index (χ2v) is 6.09. The van der Waals surface area contributed by atoms with Crippen LogP contribution >= 0.6 is 0 Å². The third-order valence-corrected chi connectivity index (χ3v) is 4.00. The SMILES string of the molecule is C=CCN(Cc1nc(-c2ccccc2)no1)Cc1cn(CC=C)nc1C. The lowest BCUT2D eigenvalue weighted by Gasteiger charge is -2.17. The number of rotatable bonds is 9. The molecule has 0 fully saturated rings. The summed E-state index contributed by atoms with van der Waals surface area (Å²) < 4.78 is 7.33. The first-order valence-corrected chi connectivity index (χ1v) is 8.54. The number of allylic oxidation sites excluding steroid dienone is 1. The van der Waals surface area contributed by atoms with Gasteiger partial charge in [0.25, 0.3) is 0 Å². The van der Waals surface area contributed by atoms with Crippen molar-refractivity contribution >= 4 is 0 Å². The molecule has 6 heteroatoms. The van der Waals surface area contributed by atoms with Gasteiger partial charge in [-0.1, -0.05) is 47.6 Å². The van der Waals surface area contributed by atoms with Crippen LogP contribution in [0.5, 0.6) is 0 Å². The second-order valence-electron chi connectivity index (χ2n) is 6.09. The predicted octanol–water partition coefficient (Wildman–Crippen LogP) is 3.62. The number of hydrogen-bond donors (Lipinski definition) is 0. The van der Waals surface area contributed by atoms with Crippen LogP contribution in [0.1, 0.15) is 17.1 Å². The Hall–Kier alpha value is -2.99. The van der Waals surface area contributed by atoms with E-state index in [1.54, 1.807) is 0 Å². The van der Waals surface area contributed by atoms with Crippen LogP contribution in [0.15, 0.2) is 66.4 Å². The summed E-state index contributed by atoms with van der Waals surface area (Å²) in [6, 6.07) is 9.81. The molecule has 0 N–H and O–H groups in total. The van der Waals surface area contributed by atoms with Gasteiger partial charge in [-0.3, -0.25) is 9.58 Å². The Morgan fingerprint density at radius 3 is 2.69 bits per heavy atom. The van der Waals surface area contributed by atoms with E-state index in [4.69, 9.17) is 4.52 Å². The maximum atomic E-state index is 5.44. The fourth-order valence-electron chi connectivity index (χ4n) is 2.76. The average Bonchev–Trinajstić information content (AvgIpc) is 3.23. The Morgan fingerprint density at radius 1 is 1.15 bits per heavy atom. The maximum absolute atomic E-state index is 5.44. The van der Waals surface area contributed by atoms with Gasteiger partial charge in [0.05, 0.1) is 18.8 Å². The van der Waals surface area contributed by atoms with E-state index in [1.165, 1.54) is 0 Å². The lowest BCUT2D eigenvalue weighted by molar-refractivity contribution is 0.239. The Kier molecular flexibility index (Phi) is 5.76. The van der Waals surface area contributed by atoms with Gasteiger partial charge in [0.1, 0.15) is 0 Å². The maximum Gasteiger partial charge on any atom is 0.241 e. The summed E-state index contributed by atoms with van der Waals surface area (Å²) >= 11 is 0. The van der Waals surface area contributed by atoms with Crippen LogP contribution in [0.25, 0.3) is 11.4 Å². The first-order valence-electron chi connectivity index (χ1n) is 8.54. The van der Waals surface area contributed by atoms with E-state index in [1.807, 2.05) is 54.1 Å². The van der Waals surface area contributed by atoms with Crippen molar-refractivity contribution in [3.63, 3.8) is 0 Å². The van der Waals surface area contributed by atoms with Gasteiger partial charge in [-0.25, -0.2) is 0 Å². The van der Waals surface area contributed by atoms with Gasteiger partial charge in [0.15, 0.2) is 0 Å². The van der Waals surface area contributed by atoms with Gasteiger partial charge in [-0.2, -0.15) is 10.1 Å². The van der Waals surface area contributed by atoms with E-state index in [0.717, 1.165) is 29.9 Å². The smallest absolute Gasteiger partial charge is 0.241 e. The quantitative estimate of drug-likeness (QED) is 0.552. The van der Waals surface area contributed by atoms with E-state index in [0.29, 0.717) is 24.8 Å². The van der Waals surface area contributed by atoms with Crippen molar-refractivity contribution in [3.05, 3.63) is 79.0 Å². The Morgan fingerprint density at radius 2 is 1.96 bits per heavy atom. The van der Waals surface area contributed by atoms with E-state index in [2.05, 4.69) is 39.5 Å². The minimum Gasteiger partial charge on any atom is -0.338 e. The van der Waals surface area contributed by atoms with Crippen LogP contribution in [-0.2, 0) is 19.6 Å². The Bertz CT molecular complexity index is 865. The molecule has 2 aromatic heterocycles. The molecule has 0 spiro atoms. The number of hydrogen-bond acceptors (Lipinski definition) is 5. The van der Waals surface area contributed by atoms with Crippen molar-refractivity contribution < 1.29 is 4.52 Å². The third kappa shape index (κ3) is 4.34. The summed E-state index contributed by atoms with van der Waals surface area (Å²) in [6.45, 7) is 12.3. The highest BCUT2D eigenvalue weighted by molar-refractivity contribution is 5.53. The molecule has 0 radical (unpaired) electrons. The molecule has 2 heterocycles. The Balaban J connectivity index is 1.72.